The van der Waals surface area contributed by atoms with Crippen molar-refractivity contribution in [3.63, 3.8) is 0 Å². The van der Waals surface area contributed by atoms with Crippen LogP contribution in [0, 0.1) is 13.8 Å². The number of rotatable bonds is 4. The molecule has 0 bridgehead atoms. The molecule has 114 valence electrons. The zero-order chi connectivity index (χ0) is 15.8. The maximum atomic E-state index is 12.3. The van der Waals surface area contributed by atoms with Crippen molar-refractivity contribution < 1.29 is 19.4 Å². The third-order valence-corrected chi connectivity index (χ3v) is 3.46. The first-order valence-corrected chi connectivity index (χ1v) is 6.57. The van der Waals surface area contributed by atoms with E-state index in [1.165, 1.54) is 4.90 Å². The van der Waals surface area contributed by atoms with Crippen LogP contribution in [0.15, 0.2) is 10.9 Å². The summed E-state index contributed by atoms with van der Waals surface area (Å²) in [5.74, 6) is -1.41. The van der Waals surface area contributed by atoms with Crippen molar-refractivity contribution >= 4 is 11.9 Å². The molecule has 1 aromatic heterocycles. The van der Waals surface area contributed by atoms with Gasteiger partial charge >= 0.3 is 5.97 Å². The number of hydrogen-bond acceptors (Lipinski definition) is 4. The minimum Gasteiger partial charge on any atom is -0.480 e. The van der Waals surface area contributed by atoms with Crippen molar-refractivity contribution in [2.75, 3.05) is 19.7 Å². The van der Waals surface area contributed by atoms with Crippen LogP contribution in [0.5, 0.6) is 0 Å². The van der Waals surface area contributed by atoms with Gasteiger partial charge in [-0.3, -0.25) is 9.59 Å². The van der Waals surface area contributed by atoms with Gasteiger partial charge in [0.15, 0.2) is 0 Å². The number of amides is 1. The first kappa shape index (κ1) is 15.2. The molecule has 0 saturated carbocycles. The van der Waals surface area contributed by atoms with Gasteiger partial charge in [0.1, 0.15) is 17.8 Å². The Kier molecular flexibility index (Phi) is 3.87. The Bertz CT molecular complexity index is 643. The summed E-state index contributed by atoms with van der Waals surface area (Å²) in [6.07, 6.45) is 0. The first-order chi connectivity index (χ1) is 9.72. The molecule has 0 spiro atoms. The van der Waals surface area contributed by atoms with Gasteiger partial charge in [-0.1, -0.05) is 0 Å². The van der Waals surface area contributed by atoms with Crippen LogP contribution in [0.2, 0.25) is 0 Å². The summed E-state index contributed by atoms with van der Waals surface area (Å²) in [4.78, 5) is 38.8. The van der Waals surface area contributed by atoms with E-state index in [4.69, 9.17) is 9.84 Å². The van der Waals surface area contributed by atoms with E-state index in [1.807, 2.05) is 0 Å². The highest BCUT2D eigenvalue weighted by molar-refractivity contribution is 5.96. The predicted molar refractivity (Wildman–Crippen MR) is 74.4 cm³/mol. The summed E-state index contributed by atoms with van der Waals surface area (Å²) in [6.45, 7) is 5.35. The number of carbonyl (C=O) groups excluding carboxylic acids is 1. The van der Waals surface area contributed by atoms with Crippen molar-refractivity contribution in [3.8, 4) is 0 Å². The fraction of sp³-hybridized carbons (Fsp3) is 0.500. The first-order valence-electron chi connectivity index (χ1n) is 6.57. The number of nitrogens with zero attached hydrogens (tertiary/aromatic N) is 1. The van der Waals surface area contributed by atoms with Crippen LogP contribution in [-0.2, 0) is 9.53 Å². The van der Waals surface area contributed by atoms with E-state index < -0.39 is 23.7 Å². The molecular formula is C14H18N2O5. The van der Waals surface area contributed by atoms with Crippen LogP contribution < -0.4 is 5.56 Å². The Hall–Kier alpha value is -2.15. The Balaban J connectivity index is 2.08. The Morgan fingerprint density at radius 2 is 2.05 bits per heavy atom. The van der Waals surface area contributed by atoms with Gasteiger partial charge < -0.3 is 19.7 Å². The van der Waals surface area contributed by atoms with Crippen molar-refractivity contribution in [1.82, 2.24) is 9.88 Å². The SMILES string of the molecule is Cc1cc(C)c(C(=O)N2CC(C)(OCC(=O)O)C2)c(=O)[nH]1. The fourth-order valence-electron chi connectivity index (χ4n) is 2.51. The zero-order valence-electron chi connectivity index (χ0n) is 12.2. The normalized spacial score (nSPS) is 16.4. The molecule has 1 amide bonds. The second-order valence-electron chi connectivity index (χ2n) is 5.63. The highest BCUT2D eigenvalue weighted by Crippen LogP contribution is 2.26. The Morgan fingerprint density at radius 3 is 2.57 bits per heavy atom. The maximum Gasteiger partial charge on any atom is 0.329 e. The van der Waals surface area contributed by atoms with E-state index in [0.717, 1.165) is 0 Å². The quantitative estimate of drug-likeness (QED) is 0.832. The predicted octanol–water partition coefficient (Wildman–Crippen LogP) is 0.307. The van der Waals surface area contributed by atoms with Crippen LogP contribution in [0.25, 0.3) is 0 Å². The van der Waals surface area contributed by atoms with Crippen molar-refractivity contribution in [2.24, 2.45) is 0 Å². The molecule has 1 aliphatic heterocycles. The minimum atomic E-state index is -1.05. The van der Waals surface area contributed by atoms with Gasteiger partial charge in [-0.2, -0.15) is 0 Å². The summed E-state index contributed by atoms with van der Waals surface area (Å²) in [5.41, 5.74) is 0.381. The lowest BCUT2D eigenvalue weighted by Gasteiger charge is -2.47. The van der Waals surface area contributed by atoms with Crippen LogP contribution >= 0.6 is 0 Å². The third kappa shape index (κ3) is 3.13. The van der Waals surface area contributed by atoms with Crippen molar-refractivity contribution in [1.29, 1.82) is 0 Å². The average Bonchev–Trinajstić information content (AvgIpc) is 2.31. The standard InChI is InChI=1S/C14H18N2O5/c1-8-4-9(2)15-12(19)11(8)13(20)16-6-14(3,7-16)21-5-10(17)18/h4H,5-7H2,1-3H3,(H,15,19)(H,17,18). The summed E-state index contributed by atoms with van der Waals surface area (Å²) in [5, 5.41) is 8.60. The van der Waals surface area contributed by atoms with E-state index in [9.17, 15) is 14.4 Å². The molecule has 7 heteroatoms. The number of nitrogens with one attached hydrogen (secondary N) is 1. The summed E-state index contributed by atoms with van der Waals surface area (Å²) in [7, 11) is 0. The van der Waals surface area contributed by atoms with Gasteiger partial charge in [-0.15, -0.1) is 0 Å². The monoisotopic (exact) mass is 294 g/mol. The molecule has 1 fully saturated rings. The number of H-pyrrole nitrogens is 1. The summed E-state index contributed by atoms with van der Waals surface area (Å²) < 4.78 is 5.24. The Labute approximate surface area is 121 Å². The second kappa shape index (κ2) is 5.33. The van der Waals surface area contributed by atoms with Crippen LogP contribution in [-0.4, -0.2) is 52.2 Å². The minimum absolute atomic E-state index is 0.126. The molecule has 1 aliphatic rings. The average molecular weight is 294 g/mol. The van der Waals surface area contributed by atoms with E-state index in [-0.39, 0.29) is 24.6 Å². The molecule has 2 rings (SSSR count). The van der Waals surface area contributed by atoms with Gasteiger partial charge in [-0.25, -0.2) is 4.79 Å². The number of aliphatic carboxylic acids is 1. The number of carboxylic acids is 1. The number of aromatic nitrogens is 1. The van der Waals surface area contributed by atoms with Crippen LogP contribution in [0.4, 0.5) is 0 Å². The number of aryl methyl sites for hydroxylation is 2. The van der Waals surface area contributed by atoms with E-state index in [0.29, 0.717) is 11.3 Å². The summed E-state index contributed by atoms with van der Waals surface area (Å²) in [6, 6.07) is 1.74. The number of carbonyl (C=O) groups is 2. The lowest BCUT2D eigenvalue weighted by atomic mass is 9.94. The number of ether oxygens (including phenoxy) is 1. The second-order valence-corrected chi connectivity index (χ2v) is 5.63. The van der Waals surface area contributed by atoms with E-state index >= 15 is 0 Å². The van der Waals surface area contributed by atoms with Gasteiger partial charge in [0.05, 0.1) is 13.1 Å². The largest absolute Gasteiger partial charge is 0.480 e. The third-order valence-electron chi connectivity index (χ3n) is 3.46. The molecule has 0 atom stereocenters. The van der Waals surface area contributed by atoms with E-state index in [1.54, 1.807) is 26.8 Å². The lowest BCUT2D eigenvalue weighted by molar-refractivity contribution is -0.159. The van der Waals surface area contributed by atoms with Gasteiger partial charge in [-0.05, 0) is 32.4 Å². The molecule has 0 unspecified atom stereocenters. The number of likely N-dealkylation sites (tertiary alicyclic amines) is 1. The Morgan fingerprint density at radius 1 is 1.43 bits per heavy atom. The molecule has 2 N–H and O–H groups in total. The zero-order valence-corrected chi connectivity index (χ0v) is 12.2. The van der Waals surface area contributed by atoms with Gasteiger partial charge in [0, 0.05) is 5.69 Å². The van der Waals surface area contributed by atoms with Crippen LogP contribution in [0.3, 0.4) is 0 Å². The lowest BCUT2D eigenvalue weighted by Crippen LogP contribution is -2.63. The number of carboxylic acid groups (broad SMARTS) is 1. The molecule has 1 saturated heterocycles. The summed E-state index contributed by atoms with van der Waals surface area (Å²) >= 11 is 0. The highest BCUT2D eigenvalue weighted by Gasteiger charge is 2.43. The van der Waals surface area contributed by atoms with Crippen molar-refractivity contribution in [3.05, 3.63) is 33.2 Å². The molecule has 0 aliphatic carbocycles. The topological polar surface area (TPSA) is 99.7 Å². The molecule has 0 radical (unpaired) electrons. The van der Waals surface area contributed by atoms with Gasteiger partial charge in [0.2, 0.25) is 0 Å². The van der Waals surface area contributed by atoms with E-state index in [2.05, 4.69) is 4.98 Å². The van der Waals surface area contributed by atoms with Gasteiger partial charge in [0.25, 0.3) is 11.5 Å². The number of hydrogen-bond donors (Lipinski definition) is 2. The maximum absolute atomic E-state index is 12.3. The fourth-order valence-corrected chi connectivity index (χ4v) is 2.51. The number of pyridine rings is 1. The smallest absolute Gasteiger partial charge is 0.329 e. The molecule has 1 aromatic rings. The molecule has 7 nitrogen and oxygen atoms in total. The molecule has 2 heterocycles. The molecular weight excluding hydrogens is 276 g/mol. The molecule has 0 aromatic carbocycles. The molecule has 21 heavy (non-hydrogen) atoms. The van der Waals surface area contributed by atoms with Crippen LogP contribution in [0.1, 0.15) is 28.5 Å². The number of aromatic amines is 1. The highest BCUT2D eigenvalue weighted by atomic mass is 16.5. The van der Waals surface area contributed by atoms with Crippen molar-refractivity contribution in [2.45, 2.75) is 26.4 Å².